The fourth-order valence-corrected chi connectivity index (χ4v) is 2.80. The molecule has 2 heterocycles. The number of aromatic amines is 1. The van der Waals surface area contributed by atoms with Crippen molar-refractivity contribution in [1.29, 1.82) is 0 Å². The second-order valence-electron chi connectivity index (χ2n) is 5.54. The average molecular weight is 330 g/mol. The lowest BCUT2D eigenvalue weighted by atomic mass is 10.1. The van der Waals surface area contributed by atoms with Crippen molar-refractivity contribution in [3.8, 4) is 5.75 Å². The van der Waals surface area contributed by atoms with Crippen LogP contribution >= 0.6 is 0 Å². The lowest BCUT2D eigenvalue weighted by Gasteiger charge is -2.26. The highest BCUT2D eigenvalue weighted by atomic mass is 16.5. The van der Waals surface area contributed by atoms with Crippen LogP contribution in [0.3, 0.4) is 0 Å². The molecule has 126 valence electrons. The van der Waals surface area contributed by atoms with Gasteiger partial charge in [0.25, 0.3) is 0 Å². The van der Waals surface area contributed by atoms with Gasteiger partial charge in [-0.15, -0.1) is 0 Å². The summed E-state index contributed by atoms with van der Waals surface area (Å²) in [6.45, 7) is 1.21. The van der Waals surface area contributed by atoms with Crippen LogP contribution in [0.15, 0.2) is 24.3 Å². The monoisotopic (exact) mass is 330 g/mol. The number of amides is 1. The Bertz CT molecular complexity index is 771. The molecule has 3 rings (SSSR count). The highest BCUT2D eigenvalue weighted by molar-refractivity contribution is 5.93. The van der Waals surface area contributed by atoms with E-state index in [1.165, 1.54) is 0 Å². The van der Waals surface area contributed by atoms with Gasteiger partial charge in [-0.1, -0.05) is 12.1 Å². The zero-order valence-electron chi connectivity index (χ0n) is 13.2. The number of ether oxygens (including phenoxy) is 1. The number of hydrogen-bond acceptors (Lipinski definition) is 5. The molecule has 0 saturated heterocycles. The molecule has 0 spiro atoms. The number of nitrogens with zero attached hydrogens (tertiary/aromatic N) is 2. The number of H-pyrrole nitrogens is 1. The fraction of sp³-hybridized carbons (Fsp3) is 0.312. The highest BCUT2D eigenvalue weighted by Gasteiger charge is 2.26. The van der Waals surface area contributed by atoms with Crippen molar-refractivity contribution in [2.45, 2.75) is 13.0 Å². The van der Waals surface area contributed by atoms with E-state index < -0.39 is 5.97 Å². The summed E-state index contributed by atoms with van der Waals surface area (Å²) in [6.07, 6.45) is 0.636. The van der Waals surface area contributed by atoms with Crippen LogP contribution in [0.25, 0.3) is 0 Å². The topological polar surface area (TPSA) is 108 Å². The standard InChI is InChI=1S/C16H18N4O4/c1-24-13-5-3-2-4-12(13)17-14(21)9-20-7-6-11-10(8-20)15(16(22)23)19-18-11/h2-5H,6-9H2,1H3,(H,17,21)(H,18,19)(H,22,23). The molecule has 1 aliphatic heterocycles. The van der Waals surface area contributed by atoms with Crippen LogP contribution in [0.2, 0.25) is 0 Å². The number of carboxylic acids is 1. The van der Waals surface area contributed by atoms with E-state index in [1.54, 1.807) is 19.2 Å². The Kier molecular flexibility index (Phi) is 4.48. The van der Waals surface area contributed by atoms with E-state index in [2.05, 4.69) is 15.5 Å². The van der Waals surface area contributed by atoms with Gasteiger partial charge >= 0.3 is 5.97 Å². The third-order valence-corrected chi connectivity index (χ3v) is 3.96. The third-order valence-electron chi connectivity index (χ3n) is 3.96. The van der Waals surface area contributed by atoms with Crippen LogP contribution in [-0.4, -0.2) is 52.3 Å². The molecule has 0 radical (unpaired) electrons. The van der Waals surface area contributed by atoms with E-state index in [9.17, 15) is 9.59 Å². The van der Waals surface area contributed by atoms with E-state index in [1.807, 2.05) is 17.0 Å². The first kappa shape index (κ1) is 16.0. The molecule has 2 aromatic rings. The zero-order chi connectivity index (χ0) is 17.1. The Hall–Kier alpha value is -2.87. The number of carboxylic acid groups (broad SMARTS) is 1. The van der Waals surface area contributed by atoms with Crippen molar-refractivity contribution >= 4 is 17.6 Å². The molecule has 1 amide bonds. The summed E-state index contributed by atoms with van der Waals surface area (Å²) in [7, 11) is 1.55. The van der Waals surface area contributed by atoms with Crippen LogP contribution < -0.4 is 10.1 Å². The minimum absolute atomic E-state index is 0.0276. The summed E-state index contributed by atoms with van der Waals surface area (Å²) in [5, 5.41) is 18.6. The molecule has 0 saturated carbocycles. The Labute approximate surface area is 138 Å². The van der Waals surface area contributed by atoms with Crippen molar-refractivity contribution in [3.05, 3.63) is 41.2 Å². The van der Waals surface area contributed by atoms with Gasteiger partial charge < -0.3 is 15.2 Å². The number of aromatic nitrogens is 2. The molecule has 0 bridgehead atoms. The summed E-state index contributed by atoms with van der Waals surface area (Å²) in [5.41, 5.74) is 2.12. The number of carbonyl (C=O) groups excluding carboxylic acids is 1. The van der Waals surface area contributed by atoms with Gasteiger partial charge in [0.1, 0.15) is 5.75 Å². The first-order valence-corrected chi connectivity index (χ1v) is 7.53. The molecule has 1 aromatic heterocycles. The molecule has 1 aliphatic rings. The zero-order valence-corrected chi connectivity index (χ0v) is 13.2. The summed E-state index contributed by atoms with van der Waals surface area (Å²) in [5.74, 6) is -0.647. The number of methoxy groups -OCH3 is 1. The van der Waals surface area contributed by atoms with Gasteiger partial charge in [-0.2, -0.15) is 5.10 Å². The molecule has 24 heavy (non-hydrogen) atoms. The second-order valence-corrected chi connectivity index (χ2v) is 5.54. The van der Waals surface area contributed by atoms with Crippen molar-refractivity contribution in [3.63, 3.8) is 0 Å². The highest BCUT2D eigenvalue weighted by Crippen LogP contribution is 2.24. The molecule has 0 fully saturated rings. The molecule has 0 unspecified atom stereocenters. The maximum Gasteiger partial charge on any atom is 0.356 e. The molecule has 0 aliphatic carbocycles. The predicted octanol–water partition coefficient (Wildman–Crippen LogP) is 1.11. The minimum Gasteiger partial charge on any atom is -0.495 e. The average Bonchev–Trinajstić information content (AvgIpc) is 2.98. The van der Waals surface area contributed by atoms with Crippen molar-refractivity contribution in [2.75, 3.05) is 25.5 Å². The van der Waals surface area contributed by atoms with Crippen LogP contribution in [-0.2, 0) is 17.8 Å². The SMILES string of the molecule is COc1ccccc1NC(=O)CN1CCc2[nH]nc(C(=O)O)c2C1. The van der Waals surface area contributed by atoms with Crippen molar-refractivity contribution in [2.24, 2.45) is 0 Å². The van der Waals surface area contributed by atoms with Gasteiger partial charge in [-0.05, 0) is 12.1 Å². The van der Waals surface area contributed by atoms with E-state index in [-0.39, 0.29) is 18.1 Å². The Morgan fingerprint density at radius 1 is 1.42 bits per heavy atom. The molecule has 3 N–H and O–H groups in total. The molecular formula is C16H18N4O4. The van der Waals surface area contributed by atoms with E-state index >= 15 is 0 Å². The molecule has 8 nitrogen and oxygen atoms in total. The van der Waals surface area contributed by atoms with Crippen LogP contribution in [0, 0.1) is 0 Å². The largest absolute Gasteiger partial charge is 0.495 e. The van der Waals surface area contributed by atoms with E-state index in [4.69, 9.17) is 9.84 Å². The van der Waals surface area contributed by atoms with Gasteiger partial charge in [0.2, 0.25) is 5.91 Å². The van der Waals surface area contributed by atoms with E-state index in [0.29, 0.717) is 36.5 Å². The minimum atomic E-state index is -1.06. The first-order chi connectivity index (χ1) is 11.6. The smallest absolute Gasteiger partial charge is 0.356 e. The Morgan fingerprint density at radius 3 is 2.96 bits per heavy atom. The Balaban J connectivity index is 1.65. The number of fused-ring (bicyclic) bond motifs is 1. The summed E-state index contributed by atoms with van der Waals surface area (Å²) < 4.78 is 5.21. The van der Waals surface area contributed by atoms with Crippen molar-refractivity contribution < 1.29 is 19.4 Å². The van der Waals surface area contributed by atoms with Crippen LogP contribution in [0.1, 0.15) is 21.7 Å². The first-order valence-electron chi connectivity index (χ1n) is 7.53. The fourth-order valence-electron chi connectivity index (χ4n) is 2.80. The number of hydrogen-bond donors (Lipinski definition) is 3. The van der Waals surface area contributed by atoms with Gasteiger partial charge in [-0.25, -0.2) is 4.79 Å². The van der Waals surface area contributed by atoms with Gasteiger partial charge in [0, 0.05) is 30.8 Å². The molecule has 8 heteroatoms. The lowest BCUT2D eigenvalue weighted by molar-refractivity contribution is -0.117. The number of anilines is 1. The molecular weight excluding hydrogens is 312 g/mol. The summed E-state index contributed by atoms with van der Waals surface area (Å²) in [4.78, 5) is 25.3. The normalized spacial score (nSPS) is 14.0. The third kappa shape index (κ3) is 3.23. The van der Waals surface area contributed by atoms with Crippen LogP contribution in [0.5, 0.6) is 5.75 Å². The number of carbonyl (C=O) groups is 2. The number of aromatic carboxylic acids is 1. The predicted molar refractivity (Wildman–Crippen MR) is 86.2 cm³/mol. The van der Waals surface area contributed by atoms with Gasteiger partial charge in [0.05, 0.1) is 19.3 Å². The van der Waals surface area contributed by atoms with Gasteiger partial charge in [0.15, 0.2) is 5.69 Å². The lowest BCUT2D eigenvalue weighted by Crippen LogP contribution is -2.37. The number of para-hydroxylation sites is 2. The van der Waals surface area contributed by atoms with Crippen molar-refractivity contribution in [1.82, 2.24) is 15.1 Å². The summed E-state index contributed by atoms with van der Waals surface area (Å²) >= 11 is 0. The van der Waals surface area contributed by atoms with Crippen LogP contribution in [0.4, 0.5) is 5.69 Å². The number of nitrogens with one attached hydrogen (secondary N) is 2. The molecule has 1 aromatic carbocycles. The maximum atomic E-state index is 12.3. The number of rotatable bonds is 5. The van der Waals surface area contributed by atoms with E-state index in [0.717, 1.165) is 5.69 Å². The maximum absolute atomic E-state index is 12.3. The van der Waals surface area contributed by atoms with Gasteiger partial charge in [-0.3, -0.25) is 14.8 Å². The second kappa shape index (κ2) is 6.71. The quantitative estimate of drug-likeness (QED) is 0.758. The Morgan fingerprint density at radius 2 is 2.21 bits per heavy atom. The number of benzene rings is 1. The summed E-state index contributed by atoms with van der Waals surface area (Å²) in [6, 6.07) is 7.18. The molecule has 0 atom stereocenters.